The molecule has 44 heavy (non-hydrogen) atoms. The summed E-state index contributed by atoms with van der Waals surface area (Å²) in [5.41, 5.74) is 4.21. The zero-order valence-electron chi connectivity index (χ0n) is 23.4. The van der Waals surface area contributed by atoms with Gasteiger partial charge in [0, 0.05) is 3.57 Å². The Morgan fingerprint density at radius 2 is 1.66 bits per heavy atom. The Kier molecular flexibility index (Phi) is 11.7. The summed E-state index contributed by atoms with van der Waals surface area (Å²) in [4.78, 5) is 25.5. The number of nitrogens with one attached hydrogen (secondary N) is 3. The van der Waals surface area contributed by atoms with Crippen LogP contribution in [0.2, 0.25) is 5.02 Å². The number of nitrogens with zero attached hydrogens (tertiary/aromatic N) is 1. The van der Waals surface area contributed by atoms with E-state index < -0.39 is 27.9 Å². The van der Waals surface area contributed by atoms with Gasteiger partial charge in [-0.05, 0) is 94.7 Å². The van der Waals surface area contributed by atoms with Gasteiger partial charge in [0.05, 0.1) is 28.9 Å². The van der Waals surface area contributed by atoms with Gasteiger partial charge in [0.15, 0.2) is 18.1 Å². The van der Waals surface area contributed by atoms with Gasteiger partial charge in [-0.3, -0.25) is 9.59 Å². The number of carbonyl (C=O) groups excluding carboxylic acids is 2. The molecule has 2 amide bonds. The van der Waals surface area contributed by atoms with Gasteiger partial charge in [0.2, 0.25) is 10.0 Å². The van der Waals surface area contributed by atoms with Crippen LogP contribution in [0, 0.1) is 3.57 Å². The number of hydrazone groups is 1. The summed E-state index contributed by atoms with van der Waals surface area (Å²) >= 11 is 8.16. The van der Waals surface area contributed by atoms with Crippen molar-refractivity contribution in [3.8, 4) is 11.5 Å². The largest absolute Gasteiger partial charge is 0.493 e. The maximum absolute atomic E-state index is 13.1. The van der Waals surface area contributed by atoms with E-state index >= 15 is 0 Å². The Labute approximate surface area is 274 Å². The third kappa shape index (κ3) is 9.51. The number of hydrogen-bond donors (Lipinski definition) is 3. The summed E-state index contributed by atoms with van der Waals surface area (Å²) < 4.78 is 40.5. The van der Waals surface area contributed by atoms with Crippen LogP contribution in [0.5, 0.6) is 11.5 Å². The maximum Gasteiger partial charge on any atom is 0.262 e. The number of rotatable bonds is 13. The Morgan fingerprint density at radius 1 is 0.955 bits per heavy atom. The second kappa shape index (κ2) is 15.7. The van der Waals surface area contributed by atoms with Crippen LogP contribution in [0.25, 0.3) is 0 Å². The number of anilines is 1. The van der Waals surface area contributed by atoms with Gasteiger partial charge < -0.3 is 14.8 Å². The summed E-state index contributed by atoms with van der Waals surface area (Å²) in [6.07, 6.45) is 1.48. The number of amides is 2. The van der Waals surface area contributed by atoms with E-state index in [9.17, 15) is 18.0 Å². The van der Waals surface area contributed by atoms with Crippen molar-refractivity contribution < 1.29 is 27.5 Å². The van der Waals surface area contributed by atoms with Gasteiger partial charge in [0.1, 0.15) is 6.04 Å². The van der Waals surface area contributed by atoms with Crippen LogP contribution in [-0.2, 0) is 26.0 Å². The first-order valence-corrected chi connectivity index (χ1v) is 16.1. The molecule has 13 heteroatoms. The van der Waals surface area contributed by atoms with Crippen molar-refractivity contribution >= 4 is 67.9 Å². The Morgan fingerprint density at radius 3 is 2.36 bits per heavy atom. The molecular weight excluding hydrogens is 719 g/mol. The average molecular weight is 747 g/mol. The fraction of sp³-hybridized carbons (Fsp3) is 0.129. The Hall–Kier alpha value is -3.98. The van der Waals surface area contributed by atoms with Crippen LogP contribution in [0.1, 0.15) is 11.1 Å². The normalized spacial score (nSPS) is 12.0. The number of sulfonamides is 1. The van der Waals surface area contributed by atoms with Crippen molar-refractivity contribution in [3.63, 3.8) is 0 Å². The molecule has 0 spiro atoms. The fourth-order valence-electron chi connectivity index (χ4n) is 3.93. The quantitative estimate of drug-likeness (QED) is 0.100. The number of para-hydroxylation sites is 1. The molecule has 1 atom stereocenters. The SMILES string of the molecule is COc1cc(/C=N\NC(=O)[C@@H](Cc2ccccc2)NS(=O)(=O)c2ccc(I)cc2)ccc1OCC(=O)Nc1ccccc1Cl. The summed E-state index contributed by atoms with van der Waals surface area (Å²) in [5.74, 6) is -0.402. The lowest BCUT2D eigenvalue weighted by atomic mass is 10.1. The lowest BCUT2D eigenvalue weighted by Gasteiger charge is -2.17. The molecule has 4 aromatic carbocycles. The number of methoxy groups -OCH3 is 1. The summed E-state index contributed by atoms with van der Waals surface area (Å²) in [7, 11) is -2.55. The minimum absolute atomic E-state index is 0.0445. The average Bonchev–Trinajstić information content (AvgIpc) is 3.01. The molecule has 0 fully saturated rings. The summed E-state index contributed by atoms with van der Waals surface area (Å²) in [5, 5.41) is 7.10. The van der Waals surface area contributed by atoms with Crippen molar-refractivity contribution in [2.75, 3.05) is 19.0 Å². The van der Waals surface area contributed by atoms with Crippen LogP contribution < -0.4 is 24.9 Å². The van der Waals surface area contributed by atoms with Gasteiger partial charge in [-0.2, -0.15) is 9.82 Å². The lowest BCUT2D eigenvalue weighted by Crippen LogP contribution is -2.46. The van der Waals surface area contributed by atoms with Gasteiger partial charge in [-0.1, -0.05) is 54.1 Å². The number of ether oxygens (including phenoxy) is 2. The molecule has 3 N–H and O–H groups in total. The first kappa shape index (κ1) is 32.9. The monoisotopic (exact) mass is 746 g/mol. The van der Waals surface area contributed by atoms with Gasteiger partial charge in [0.25, 0.3) is 11.8 Å². The van der Waals surface area contributed by atoms with E-state index in [1.165, 1.54) is 25.5 Å². The molecule has 4 aromatic rings. The van der Waals surface area contributed by atoms with Crippen LogP contribution >= 0.6 is 34.2 Å². The molecule has 10 nitrogen and oxygen atoms in total. The zero-order valence-corrected chi connectivity index (χ0v) is 27.1. The molecule has 228 valence electrons. The van der Waals surface area contributed by atoms with Crippen LogP contribution in [-0.4, -0.2) is 46.2 Å². The fourth-order valence-corrected chi connectivity index (χ4v) is 5.67. The standard InChI is InChI=1S/C31H28ClIN4O6S/c1-42-29-18-22(11-16-28(29)43-20-30(38)35-26-10-6-5-9-25(26)32)19-34-36-31(39)27(17-21-7-3-2-4-8-21)37-44(40,41)24-14-12-23(33)13-15-24/h2-16,18-19,27,37H,17,20H2,1H3,(H,35,38)(H,36,39)/b34-19-/t27-/m1/s1. The topological polar surface area (TPSA) is 135 Å². The molecule has 0 aromatic heterocycles. The minimum Gasteiger partial charge on any atom is -0.493 e. The second-order valence-electron chi connectivity index (χ2n) is 9.28. The van der Waals surface area contributed by atoms with E-state index in [0.29, 0.717) is 27.8 Å². The molecule has 0 saturated heterocycles. The van der Waals surface area contributed by atoms with E-state index in [4.69, 9.17) is 21.1 Å². The van der Waals surface area contributed by atoms with Crippen molar-refractivity contribution in [1.82, 2.24) is 10.1 Å². The van der Waals surface area contributed by atoms with Gasteiger partial charge >= 0.3 is 0 Å². The van der Waals surface area contributed by atoms with Crippen LogP contribution in [0.3, 0.4) is 0 Å². The van der Waals surface area contributed by atoms with Crippen LogP contribution in [0.4, 0.5) is 5.69 Å². The lowest BCUT2D eigenvalue weighted by molar-refractivity contribution is -0.122. The highest BCUT2D eigenvalue weighted by Gasteiger charge is 2.26. The molecule has 0 aliphatic heterocycles. The molecule has 0 heterocycles. The zero-order chi connectivity index (χ0) is 31.5. The summed E-state index contributed by atoms with van der Waals surface area (Å²) in [6, 6.07) is 25.9. The highest BCUT2D eigenvalue weighted by Crippen LogP contribution is 2.28. The molecule has 0 aliphatic carbocycles. The minimum atomic E-state index is -4.00. The number of halogens is 2. The number of hydrogen-bond acceptors (Lipinski definition) is 7. The molecule has 4 rings (SSSR count). The maximum atomic E-state index is 13.1. The van der Waals surface area contributed by atoms with E-state index in [1.807, 2.05) is 18.2 Å². The van der Waals surface area contributed by atoms with Crippen molar-refractivity contribution in [3.05, 3.63) is 117 Å². The second-order valence-corrected chi connectivity index (χ2v) is 12.6. The highest BCUT2D eigenvalue weighted by atomic mass is 127. The molecule has 0 saturated carbocycles. The predicted molar refractivity (Wildman–Crippen MR) is 178 cm³/mol. The first-order chi connectivity index (χ1) is 21.1. The van der Waals surface area contributed by atoms with Crippen molar-refractivity contribution in [2.24, 2.45) is 5.10 Å². The van der Waals surface area contributed by atoms with E-state index in [2.05, 4.69) is 43.2 Å². The Balaban J connectivity index is 1.41. The third-order valence-corrected chi connectivity index (χ3v) is 8.64. The van der Waals surface area contributed by atoms with E-state index in [1.54, 1.807) is 66.7 Å². The molecule has 0 aliphatic rings. The predicted octanol–water partition coefficient (Wildman–Crippen LogP) is 5.01. The number of benzene rings is 4. The summed E-state index contributed by atoms with van der Waals surface area (Å²) in [6.45, 7) is -0.286. The van der Waals surface area contributed by atoms with Crippen LogP contribution in [0.15, 0.2) is 107 Å². The van der Waals surface area contributed by atoms with Gasteiger partial charge in [-0.25, -0.2) is 13.8 Å². The molecule has 0 unspecified atom stereocenters. The molecular formula is C31H28ClIN4O6S. The molecule has 0 radical (unpaired) electrons. The highest BCUT2D eigenvalue weighted by molar-refractivity contribution is 14.1. The van der Waals surface area contributed by atoms with Crippen molar-refractivity contribution in [2.45, 2.75) is 17.4 Å². The Bertz CT molecular complexity index is 1740. The third-order valence-electron chi connectivity index (χ3n) is 6.10. The smallest absolute Gasteiger partial charge is 0.262 e. The van der Waals surface area contributed by atoms with Crippen molar-refractivity contribution in [1.29, 1.82) is 0 Å². The number of carbonyl (C=O) groups is 2. The molecule has 0 bridgehead atoms. The van der Waals surface area contributed by atoms with E-state index in [-0.39, 0.29) is 17.9 Å². The van der Waals surface area contributed by atoms with Gasteiger partial charge in [-0.15, -0.1) is 0 Å². The first-order valence-electron chi connectivity index (χ1n) is 13.1. The van der Waals surface area contributed by atoms with E-state index in [0.717, 1.165) is 9.13 Å².